The van der Waals surface area contributed by atoms with Crippen LogP contribution in [0.2, 0.25) is 0 Å². The Bertz CT molecular complexity index is 1800. The summed E-state index contributed by atoms with van der Waals surface area (Å²) in [5, 5.41) is 8.43. The first-order valence-corrected chi connectivity index (χ1v) is 17.7. The fraction of sp³-hybridized carbons (Fsp3) is 0.350. The number of likely N-dealkylation sites (tertiary alicyclic amines) is 2. The Morgan fingerprint density at radius 3 is 1.48 bits per heavy atom. The second-order valence-electron chi connectivity index (χ2n) is 13.3. The van der Waals surface area contributed by atoms with Crippen LogP contribution in [0.5, 0.6) is 0 Å². The van der Waals surface area contributed by atoms with E-state index in [1.54, 1.807) is 0 Å². The van der Waals surface area contributed by atoms with Gasteiger partial charge < -0.3 is 9.05 Å². The summed E-state index contributed by atoms with van der Waals surface area (Å²) in [6, 6.07) is 28.8. The van der Waals surface area contributed by atoms with Crippen molar-refractivity contribution in [3.63, 3.8) is 0 Å². The van der Waals surface area contributed by atoms with Crippen LogP contribution in [0.25, 0.3) is 22.8 Å². The van der Waals surface area contributed by atoms with Crippen molar-refractivity contribution in [1.82, 2.24) is 40.0 Å². The maximum atomic E-state index is 5.64. The minimum absolute atomic E-state index is 0.168. The van der Waals surface area contributed by atoms with Gasteiger partial charge in [0.15, 0.2) is 0 Å². The van der Waals surface area contributed by atoms with Crippen molar-refractivity contribution in [1.29, 1.82) is 0 Å². The number of nitrogens with zero attached hydrogens (tertiary/aromatic N) is 8. The van der Waals surface area contributed by atoms with E-state index in [4.69, 9.17) is 19.0 Å². The molecule has 0 N–H and O–H groups in total. The highest BCUT2D eigenvalue weighted by Crippen LogP contribution is 2.33. The van der Waals surface area contributed by atoms with Gasteiger partial charge in [-0.15, -0.1) is 0 Å². The van der Waals surface area contributed by atoms with Crippen molar-refractivity contribution in [2.75, 3.05) is 13.1 Å². The van der Waals surface area contributed by atoms with Crippen molar-refractivity contribution in [2.24, 2.45) is 0 Å². The first-order valence-electron chi connectivity index (χ1n) is 17.7. The Labute approximate surface area is 293 Å². The fourth-order valence-electron chi connectivity index (χ4n) is 6.86. The van der Waals surface area contributed by atoms with E-state index in [9.17, 15) is 0 Å². The summed E-state index contributed by atoms with van der Waals surface area (Å²) >= 11 is 0. The summed E-state index contributed by atoms with van der Waals surface area (Å²) in [6.45, 7) is 7.83. The second kappa shape index (κ2) is 16.1. The molecule has 50 heavy (non-hydrogen) atoms. The first-order chi connectivity index (χ1) is 24.6. The lowest BCUT2D eigenvalue weighted by Crippen LogP contribution is -2.33. The van der Waals surface area contributed by atoms with Gasteiger partial charge in [-0.05, 0) is 89.0 Å². The summed E-state index contributed by atoms with van der Waals surface area (Å²) in [5.41, 5.74) is 6.54. The molecular weight excluding hydrogens is 624 g/mol. The predicted octanol–water partition coefficient (Wildman–Crippen LogP) is 8.33. The summed E-state index contributed by atoms with van der Waals surface area (Å²) in [6.07, 6.45) is 10.5. The Kier molecular flexibility index (Phi) is 10.8. The molecule has 0 amide bonds. The molecule has 2 aromatic carbocycles. The highest BCUT2D eigenvalue weighted by molar-refractivity contribution is 5.56. The molecule has 6 heterocycles. The van der Waals surface area contributed by atoms with Gasteiger partial charge in [-0.3, -0.25) is 19.8 Å². The highest BCUT2D eigenvalue weighted by atomic mass is 16.5. The Hall–Kier alpha value is -5.06. The molecule has 256 valence electrons. The molecule has 0 aliphatic carbocycles. The largest absolute Gasteiger partial charge is 0.337 e. The lowest BCUT2D eigenvalue weighted by atomic mass is 10.0. The number of pyridine rings is 2. The van der Waals surface area contributed by atoms with Gasteiger partial charge in [-0.25, -0.2) is 0 Å². The average molecular weight is 669 g/mol. The lowest BCUT2D eigenvalue weighted by molar-refractivity contribution is 0.110. The maximum absolute atomic E-state index is 5.64. The van der Waals surface area contributed by atoms with Gasteiger partial charge in [0, 0.05) is 36.6 Å². The van der Waals surface area contributed by atoms with Gasteiger partial charge >= 0.3 is 0 Å². The summed E-state index contributed by atoms with van der Waals surface area (Å²) in [5.74, 6) is 2.77. The molecule has 0 radical (unpaired) electrons. The minimum Gasteiger partial charge on any atom is -0.337 e. The zero-order valence-corrected chi connectivity index (χ0v) is 28.9. The molecule has 6 aromatic rings. The zero-order chi connectivity index (χ0) is 34.1. The van der Waals surface area contributed by atoms with Crippen LogP contribution in [0.15, 0.2) is 106 Å². The number of benzene rings is 2. The molecule has 2 aliphatic rings. The first kappa shape index (κ1) is 33.4. The molecule has 2 aliphatic heterocycles. The molecule has 10 heteroatoms. The normalized spacial score (nSPS) is 18.4. The standard InChI is InChI=1S/2C20H22N4O/c2*1-15-7-6-8-16(13-15)19-22-20(25-23-19)18-10-3-5-12-24(18)14-17-9-2-4-11-21-17/h2*2,4,6-9,11,13,18H,3,5,10,12,14H2,1H3. The van der Waals surface area contributed by atoms with Gasteiger partial charge in [0.1, 0.15) is 0 Å². The molecule has 10 nitrogen and oxygen atoms in total. The number of aromatic nitrogens is 6. The lowest BCUT2D eigenvalue weighted by Gasteiger charge is -2.32. The van der Waals surface area contributed by atoms with Crippen LogP contribution in [-0.2, 0) is 13.1 Å². The quantitative estimate of drug-likeness (QED) is 0.157. The summed E-state index contributed by atoms with van der Waals surface area (Å²) in [4.78, 5) is 23.1. The molecule has 0 saturated carbocycles. The molecule has 2 fully saturated rings. The van der Waals surface area contributed by atoms with E-state index in [0.29, 0.717) is 23.4 Å². The average Bonchev–Trinajstić information content (AvgIpc) is 3.85. The van der Waals surface area contributed by atoms with E-state index in [-0.39, 0.29) is 12.1 Å². The highest BCUT2D eigenvalue weighted by Gasteiger charge is 2.30. The van der Waals surface area contributed by atoms with Crippen molar-refractivity contribution in [3.8, 4) is 22.8 Å². The monoisotopic (exact) mass is 668 g/mol. The van der Waals surface area contributed by atoms with E-state index in [1.807, 2.05) is 60.9 Å². The third kappa shape index (κ3) is 8.38. The molecule has 8 rings (SSSR count). The second-order valence-corrected chi connectivity index (χ2v) is 13.3. The Balaban J connectivity index is 0.000000157. The maximum Gasteiger partial charge on any atom is 0.244 e. The Morgan fingerprint density at radius 1 is 0.580 bits per heavy atom. The molecule has 2 atom stereocenters. The molecular formula is C40H44N8O2. The van der Waals surface area contributed by atoms with Crippen LogP contribution in [-0.4, -0.2) is 53.1 Å². The van der Waals surface area contributed by atoms with Crippen LogP contribution < -0.4 is 0 Å². The topological polar surface area (TPSA) is 110 Å². The van der Waals surface area contributed by atoms with E-state index in [2.05, 4.69) is 80.3 Å². The minimum atomic E-state index is 0.168. The smallest absolute Gasteiger partial charge is 0.244 e. The van der Waals surface area contributed by atoms with Crippen LogP contribution in [0, 0.1) is 13.8 Å². The number of rotatable bonds is 8. The molecule has 0 bridgehead atoms. The predicted molar refractivity (Wildman–Crippen MR) is 191 cm³/mol. The Morgan fingerprint density at radius 2 is 1.06 bits per heavy atom. The van der Waals surface area contributed by atoms with Crippen LogP contribution in [0.4, 0.5) is 0 Å². The van der Waals surface area contributed by atoms with Crippen LogP contribution in [0.1, 0.15) is 84.9 Å². The molecule has 2 unspecified atom stereocenters. The SMILES string of the molecule is Cc1cccc(-c2noc(C3CCCCN3Cc3ccccn3)n2)c1.Cc1cccc(-c2noc(C3CCCCN3Cc3ccccn3)n2)c1. The van der Waals surface area contributed by atoms with Gasteiger partial charge in [-0.2, -0.15) is 9.97 Å². The van der Waals surface area contributed by atoms with Crippen molar-refractivity contribution >= 4 is 0 Å². The molecule has 2 saturated heterocycles. The fourth-order valence-corrected chi connectivity index (χ4v) is 6.86. The molecule has 4 aromatic heterocycles. The van der Waals surface area contributed by atoms with Crippen LogP contribution in [0.3, 0.4) is 0 Å². The van der Waals surface area contributed by atoms with E-state index in [1.165, 1.54) is 36.8 Å². The number of hydrogen-bond acceptors (Lipinski definition) is 10. The number of aryl methyl sites for hydroxylation is 2. The van der Waals surface area contributed by atoms with Crippen molar-refractivity contribution < 1.29 is 9.05 Å². The summed E-state index contributed by atoms with van der Waals surface area (Å²) in [7, 11) is 0. The number of hydrogen-bond donors (Lipinski definition) is 0. The summed E-state index contributed by atoms with van der Waals surface area (Å²) < 4.78 is 11.3. The third-order valence-electron chi connectivity index (χ3n) is 9.42. The van der Waals surface area contributed by atoms with Crippen molar-refractivity contribution in [2.45, 2.75) is 77.5 Å². The third-order valence-corrected chi connectivity index (χ3v) is 9.42. The van der Waals surface area contributed by atoms with Gasteiger partial charge in [0.2, 0.25) is 23.4 Å². The van der Waals surface area contributed by atoms with Crippen LogP contribution >= 0.6 is 0 Å². The van der Waals surface area contributed by atoms with E-state index in [0.717, 1.165) is 61.5 Å². The van der Waals surface area contributed by atoms with Gasteiger partial charge in [0.25, 0.3) is 0 Å². The van der Waals surface area contributed by atoms with Crippen molar-refractivity contribution in [3.05, 3.63) is 132 Å². The number of piperidine rings is 2. The van der Waals surface area contributed by atoms with E-state index < -0.39 is 0 Å². The van der Waals surface area contributed by atoms with Gasteiger partial charge in [-0.1, -0.05) is 82.8 Å². The van der Waals surface area contributed by atoms with E-state index >= 15 is 0 Å². The molecule has 0 spiro atoms. The zero-order valence-electron chi connectivity index (χ0n) is 28.9. The van der Waals surface area contributed by atoms with Gasteiger partial charge in [0.05, 0.1) is 23.5 Å².